The summed E-state index contributed by atoms with van der Waals surface area (Å²) in [4.78, 5) is 16.4. The van der Waals surface area contributed by atoms with Crippen molar-refractivity contribution in [2.45, 2.75) is 26.3 Å². The number of nitrogens with zero attached hydrogens (tertiary/aromatic N) is 5. The molecule has 0 aliphatic heterocycles. The molecule has 3 aromatic heterocycles. The minimum atomic E-state index is -2.78. The van der Waals surface area contributed by atoms with Crippen LogP contribution in [0.1, 0.15) is 31.9 Å². The van der Waals surface area contributed by atoms with Gasteiger partial charge in [-0.15, -0.1) is 0 Å². The second-order valence-corrected chi connectivity index (χ2v) is 5.91. The number of carbonyl (C=O) groups excluding carboxylic acids is 1. The number of amides is 2. The number of hydrogen-bond acceptors (Lipinski definition) is 4. The Bertz CT molecular complexity index is 921. The number of urea groups is 1. The number of aromatic nitrogens is 5. The minimum absolute atomic E-state index is 0.0286. The molecule has 0 aliphatic carbocycles. The van der Waals surface area contributed by atoms with Gasteiger partial charge >= 0.3 is 12.6 Å². The summed E-state index contributed by atoms with van der Waals surface area (Å²) in [5, 5.41) is 13.0. The number of fused-ring (bicyclic) bond motifs is 1. The number of alkyl halides is 2. The first-order valence-corrected chi connectivity index (χ1v) is 7.67. The topological polar surface area (TPSA) is 89.1 Å². The maximum Gasteiger partial charge on any atom is 0.333 e. The van der Waals surface area contributed by atoms with Crippen LogP contribution in [0, 0.1) is 0 Å². The van der Waals surface area contributed by atoms with Crippen molar-refractivity contribution in [1.29, 1.82) is 0 Å². The zero-order valence-electron chi connectivity index (χ0n) is 13.2. The summed E-state index contributed by atoms with van der Waals surface area (Å²) in [6, 6.07) is -0.612. The molecule has 0 saturated heterocycles. The van der Waals surface area contributed by atoms with Gasteiger partial charge in [0.2, 0.25) is 0 Å². The Morgan fingerprint density at radius 2 is 1.96 bits per heavy atom. The van der Waals surface area contributed by atoms with Crippen molar-refractivity contribution in [2.75, 3.05) is 10.6 Å². The average molecular weight is 370 g/mol. The molecule has 25 heavy (non-hydrogen) atoms. The highest BCUT2D eigenvalue weighted by molar-refractivity contribution is 6.29. The fraction of sp³-hybridized carbons (Fsp3) is 0.286. The maximum atomic E-state index is 12.5. The Kier molecular flexibility index (Phi) is 4.53. The van der Waals surface area contributed by atoms with E-state index in [0.717, 1.165) is 18.0 Å². The molecule has 11 heteroatoms. The quantitative estimate of drug-likeness (QED) is 0.733. The Hall–Kier alpha value is -2.75. The zero-order chi connectivity index (χ0) is 18.1. The highest BCUT2D eigenvalue weighted by Crippen LogP contribution is 2.28. The lowest BCUT2D eigenvalue weighted by atomic mass is 10.0. The van der Waals surface area contributed by atoms with Crippen LogP contribution in [0.4, 0.5) is 25.0 Å². The molecule has 0 unspecified atom stereocenters. The van der Waals surface area contributed by atoms with Crippen molar-refractivity contribution >= 4 is 34.7 Å². The molecule has 0 fully saturated rings. The molecule has 0 radical (unpaired) electrons. The smallest absolute Gasteiger partial charge is 0.306 e. The predicted octanol–water partition coefficient (Wildman–Crippen LogP) is 3.74. The minimum Gasteiger partial charge on any atom is -0.306 e. The maximum absolute atomic E-state index is 12.5. The highest BCUT2D eigenvalue weighted by Gasteiger charge is 2.17. The largest absolute Gasteiger partial charge is 0.333 e. The van der Waals surface area contributed by atoms with E-state index in [9.17, 15) is 13.6 Å². The van der Waals surface area contributed by atoms with Gasteiger partial charge in [0.1, 0.15) is 5.15 Å². The molecule has 2 N–H and O–H groups in total. The van der Waals surface area contributed by atoms with Crippen molar-refractivity contribution in [3.63, 3.8) is 0 Å². The lowest BCUT2D eigenvalue weighted by molar-refractivity contribution is 0.0566. The molecule has 2 amide bonds. The van der Waals surface area contributed by atoms with Crippen molar-refractivity contribution in [3.8, 4) is 0 Å². The number of carbonyl (C=O) groups is 1. The SMILES string of the molecule is CC(C)c1c(NC(=O)Nc2cnn(C(F)F)c2)cnn2cc(Cl)nc12. The van der Waals surface area contributed by atoms with Gasteiger partial charge in [0, 0.05) is 5.56 Å². The highest BCUT2D eigenvalue weighted by atomic mass is 35.5. The van der Waals surface area contributed by atoms with E-state index < -0.39 is 12.6 Å². The Morgan fingerprint density at radius 1 is 1.20 bits per heavy atom. The molecule has 8 nitrogen and oxygen atoms in total. The van der Waals surface area contributed by atoms with Crippen molar-refractivity contribution < 1.29 is 13.6 Å². The number of hydrogen-bond donors (Lipinski definition) is 2. The Balaban J connectivity index is 1.83. The van der Waals surface area contributed by atoms with Gasteiger partial charge in [-0.2, -0.15) is 19.0 Å². The summed E-state index contributed by atoms with van der Waals surface area (Å²) < 4.78 is 27.0. The summed E-state index contributed by atoms with van der Waals surface area (Å²) in [6.45, 7) is 1.10. The molecule has 0 spiro atoms. The molecule has 0 bridgehead atoms. The molecule has 3 heterocycles. The summed E-state index contributed by atoms with van der Waals surface area (Å²) in [6.07, 6.45) is 5.20. The van der Waals surface area contributed by atoms with E-state index >= 15 is 0 Å². The number of nitrogens with one attached hydrogen (secondary N) is 2. The van der Waals surface area contributed by atoms with Gasteiger partial charge in [-0.3, -0.25) is 0 Å². The molecular weight excluding hydrogens is 356 g/mol. The predicted molar refractivity (Wildman–Crippen MR) is 88.2 cm³/mol. The number of anilines is 2. The molecule has 0 aromatic carbocycles. The van der Waals surface area contributed by atoms with E-state index in [2.05, 4.69) is 25.8 Å². The Morgan fingerprint density at radius 3 is 2.60 bits per heavy atom. The molecular formula is C14H14ClF2N7O. The van der Waals surface area contributed by atoms with Crippen LogP contribution in [0.15, 0.2) is 24.8 Å². The normalized spacial score (nSPS) is 11.5. The van der Waals surface area contributed by atoms with Gasteiger partial charge in [0.15, 0.2) is 5.65 Å². The van der Waals surface area contributed by atoms with Crippen LogP contribution in [0.25, 0.3) is 5.65 Å². The van der Waals surface area contributed by atoms with Gasteiger partial charge < -0.3 is 10.6 Å². The summed E-state index contributed by atoms with van der Waals surface area (Å²) >= 11 is 5.91. The first-order valence-electron chi connectivity index (χ1n) is 7.29. The van der Waals surface area contributed by atoms with E-state index in [1.807, 2.05) is 13.8 Å². The second-order valence-electron chi connectivity index (χ2n) is 5.52. The van der Waals surface area contributed by atoms with Crippen molar-refractivity contribution in [1.82, 2.24) is 24.4 Å². The summed E-state index contributed by atoms with van der Waals surface area (Å²) in [5.41, 5.74) is 1.87. The lowest BCUT2D eigenvalue weighted by Gasteiger charge is -2.14. The monoisotopic (exact) mass is 369 g/mol. The summed E-state index contributed by atoms with van der Waals surface area (Å²) in [7, 11) is 0. The van der Waals surface area contributed by atoms with Gasteiger partial charge in [-0.25, -0.2) is 19.0 Å². The van der Waals surface area contributed by atoms with E-state index in [0.29, 0.717) is 16.0 Å². The van der Waals surface area contributed by atoms with Gasteiger partial charge in [0.05, 0.1) is 36.2 Å². The molecule has 3 aromatic rings. The van der Waals surface area contributed by atoms with Gasteiger partial charge in [-0.05, 0) is 5.92 Å². The fourth-order valence-corrected chi connectivity index (χ4v) is 2.56. The first kappa shape index (κ1) is 17.1. The summed E-state index contributed by atoms with van der Waals surface area (Å²) in [5.74, 6) is 0.0286. The zero-order valence-corrected chi connectivity index (χ0v) is 14.0. The molecule has 3 rings (SSSR count). The number of halogens is 3. The van der Waals surface area contributed by atoms with Crippen molar-refractivity contribution in [2.24, 2.45) is 0 Å². The van der Waals surface area contributed by atoms with E-state index in [-0.39, 0.29) is 16.8 Å². The fourth-order valence-electron chi connectivity index (χ4n) is 2.39. The molecule has 0 saturated carbocycles. The number of rotatable bonds is 4. The van der Waals surface area contributed by atoms with E-state index in [1.165, 1.54) is 10.7 Å². The second kappa shape index (κ2) is 6.63. The van der Waals surface area contributed by atoms with Crippen LogP contribution in [0.5, 0.6) is 0 Å². The average Bonchev–Trinajstić information content (AvgIpc) is 3.12. The van der Waals surface area contributed by atoms with E-state index in [1.54, 1.807) is 6.20 Å². The number of imidazole rings is 1. The van der Waals surface area contributed by atoms with Crippen molar-refractivity contribution in [3.05, 3.63) is 35.5 Å². The standard InChI is InChI=1S/C14H14ClF2N7O/c1-7(2)11-9(4-19-23-6-10(15)22-12(11)23)21-14(25)20-8-3-18-24(5-8)13(16)17/h3-7,13H,1-2H3,(H2,20,21,25). The lowest BCUT2D eigenvalue weighted by Crippen LogP contribution is -2.21. The third kappa shape index (κ3) is 3.53. The molecule has 132 valence electrons. The first-order chi connectivity index (χ1) is 11.8. The van der Waals surface area contributed by atoms with Crippen LogP contribution >= 0.6 is 11.6 Å². The van der Waals surface area contributed by atoms with Gasteiger partial charge in [0.25, 0.3) is 0 Å². The Labute approximate surface area is 145 Å². The third-order valence-corrected chi connectivity index (χ3v) is 3.57. The van der Waals surface area contributed by atoms with E-state index in [4.69, 9.17) is 11.6 Å². The third-order valence-electron chi connectivity index (χ3n) is 3.39. The van der Waals surface area contributed by atoms with Crippen LogP contribution in [0.2, 0.25) is 5.15 Å². The van der Waals surface area contributed by atoms with Crippen LogP contribution in [0.3, 0.4) is 0 Å². The van der Waals surface area contributed by atoms with Gasteiger partial charge in [-0.1, -0.05) is 25.4 Å². The van der Waals surface area contributed by atoms with Crippen LogP contribution in [-0.4, -0.2) is 30.4 Å². The van der Waals surface area contributed by atoms with Crippen LogP contribution in [-0.2, 0) is 0 Å². The molecule has 0 atom stereocenters. The van der Waals surface area contributed by atoms with Crippen LogP contribution < -0.4 is 10.6 Å². The molecule has 0 aliphatic rings.